The molecule has 1 N–H and O–H groups in total. The highest BCUT2D eigenvalue weighted by atomic mass is 32.2. The van der Waals surface area contributed by atoms with Crippen LogP contribution in [-0.2, 0) is 16.2 Å². The molecule has 1 aromatic carbocycles. The Morgan fingerprint density at radius 2 is 2.00 bits per heavy atom. The third-order valence-electron chi connectivity index (χ3n) is 4.86. The fraction of sp³-hybridized carbons (Fsp3) is 0.600. The van der Waals surface area contributed by atoms with Gasteiger partial charge in [-0.25, -0.2) is 8.42 Å². The summed E-state index contributed by atoms with van der Waals surface area (Å²) < 4.78 is 65.2. The molecule has 2 aliphatic heterocycles. The first-order chi connectivity index (χ1) is 10.6. The van der Waals surface area contributed by atoms with E-state index in [2.05, 4.69) is 5.32 Å². The van der Waals surface area contributed by atoms with Crippen molar-refractivity contribution >= 4 is 10.0 Å². The number of alkyl halides is 3. The molecule has 0 saturated carbocycles. The van der Waals surface area contributed by atoms with E-state index < -0.39 is 21.8 Å². The summed E-state index contributed by atoms with van der Waals surface area (Å²) in [5.74, 6) is 0. The second kappa shape index (κ2) is 5.46. The lowest BCUT2D eigenvalue weighted by atomic mass is 9.87. The largest absolute Gasteiger partial charge is 0.416 e. The second-order valence-corrected chi connectivity index (χ2v) is 8.40. The first-order valence-electron chi connectivity index (χ1n) is 7.53. The van der Waals surface area contributed by atoms with E-state index in [4.69, 9.17) is 0 Å². The van der Waals surface area contributed by atoms with Gasteiger partial charge in [0.25, 0.3) is 0 Å². The molecule has 128 valence electrons. The van der Waals surface area contributed by atoms with Gasteiger partial charge >= 0.3 is 6.18 Å². The Bertz CT molecular complexity index is 710. The fourth-order valence-electron chi connectivity index (χ4n) is 3.50. The number of hydrogen-bond acceptors (Lipinski definition) is 3. The molecule has 1 atom stereocenters. The van der Waals surface area contributed by atoms with E-state index in [1.807, 2.05) is 0 Å². The summed E-state index contributed by atoms with van der Waals surface area (Å²) in [7, 11) is -3.76. The Hall–Kier alpha value is -1.12. The summed E-state index contributed by atoms with van der Waals surface area (Å²) in [6, 6.07) is 2.81. The third-order valence-corrected chi connectivity index (χ3v) is 6.86. The summed E-state index contributed by atoms with van der Waals surface area (Å²) in [5, 5.41) is 3.26. The molecule has 0 radical (unpaired) electrons. The zero-order chi connectivity index (χ0) is 16.9. The number of benzene rings is 1. The van der Waals surface area contributed by atoms with Gasteiger partial charge in [-0.2, -0.15) is 17.5 Å². The van der Waals surface area contributed by atoms with Crippen LogP contribution in [0, 0.1) is 12.3 Å². The molecule has 3 rings (SSSR count). The molecule has 2 aliphatic rings. The van der Waals surface area contributed by atoms with Crippen LogP contribution in [-0.4, -0.2) is 38.9 Å². The minimum atomic E-state index is -4.47. The fourth-order valence-corrected chi connectivity index (χ4v) is 5.26. The maximum Gasteiger partial charge on any atom is 0.416 e. The first kappa shape index (κ1) is 16.7. The quantitative estimate of drug-likeness (QED) is 0.893. The lowest BCUT2D eigenvalue weighted by molar-refractivity contribution is -0.137. The molecule has 0 bridgehead atoms. The number of hydrogen-bond donors (Lipinski definition) is 1. The van der Waals surface area contributed by atoms with E-state index in [9.17, 15) is 21.6 Å². The van der Waals surface area contributed by atoms with E-state index in [0.29, 0.717) is 13.1 Å². The van der Waals surface area contributed by atoms with Crippen molar-refractivity contribution in [3.05, 3.63) is 29.3 Å². The van der Waals surface area contributed by atoms with E-state index in [0.717, 1.165) is 44.1 Å². The van der Waals surface area contributed by atoms with Crippen LogP contribution in [0.5, 0.6) is 0 Å². The molecule has 1 unspecified atom stereocenters. The molecule has 0 amide bonds. The monoisotopic (exact) mass is 348 g/mol. The molecule has 1 spiro atoms. The van der Waals surface area contributed by atoms with Gasteiger partial charge in [-0.3, -0.25) is 0 Å². The number of sulfonamides is 1. The molecule has 0 aromatic heterocycles. The molecule has 1 aromatic rings. The van der Waals surface area contributed by atoms with Gasteiger partial charge in [-0.05, 0) is 55.5 Å². The van der Waals surface area contributed by atoms with Gasteiger partial charge in [0.2, 0.25) is 10.0 Å². The Morgan fingerprint density at radius 1 is 1.26 bits per heavy atom. The van der Waals surface area contributed by atoms with Crippen molar-refractivity contribution in [3.8, 4) is 0 Å². The van der Waals surface area contributed by atoms with Crippen molar-refractivity contribution in [3.63, 3.8) is 0 Å². The third kappa shape index (κ3) is 2.99. The van der Waals surface area contributed by atoms with Gasteiger partial charge in [0.15, 0.2) is 0 Å². The number of nitrogens with zero attached hydrogens (tertiary/aromatic N) is 1. The zero-order valence-electron chi connectivity index (χ0n) is 12.8. The van der Waals surface area contributed by atoms with Gasteiger partial charge in [-0.15, -0.1) is 0 Å². The summed E-state index contributed by atoms with van der Waals surface area (Å²) in [5.41, 5.74) is -0.718. The van der Waals surface area contributed by atoms with Crippen LogP contribution < -0.4 is 5.32 Å². The van der Waals surface area contributed by atoms with Gasteiger partial charge < -0.3 is 5.32 Å². The summed E-state index contributed by atoms with van der Waals surface area (Å²) in [4.78, 5) is -0.0338. The zero-order valence-corrected chi connectivity index (χ0v) is 13.6. The van der Waals surface area contributed by atoms with E-state index in [1.54, 1.807) is 0 Å². The smallest absolute Gasteiger partial charge is 0.316 e. The predicted octanol–water partition coefficient (Wildman–Crippen LogP) is 2.39. The van der Waals surface area contributed by atoms with Crippen LogP contribution >= 0.6 is 0 Å². The van der Waals surface area contributed by atoms with Crippen molar-refractivity contribution in [2.24, 2.45) is 5.41 Å². The second-order valence-electron chi connectivity index (χ2n) is 6.49. The highest BCUT2D eigenvalue weighted by Crippen LogP contribution is 2.39. The minimum absolute atomic E-state index is 0.0209. The highest BCUT2D eigenvalue weighted by molar-refractivity contribution is 7.89. The van der Waals surface area contributed by atoms with Gasteiger partial charge in [0.05, 0.1) is 10.5 Å². The maximum atomic E-state index is 12.8. The Morgan fingerprint density at radius 3 is 2.57 bits per heavy atom. The predicted molar refractivity (Wildman–Crippen MR) is 79.5 cm³/mol. The minimum Gasteiger partial charge on any atom is -0.316 e. The first-order valence-corrected chi connectivity index (χ1v) is 8.97. The van der Waals surface area contributed by atoms with E-state index in [-0.39, 0.29) is 15.9 Å². The topological polar surface area (TPSA) is 49.4 Å². The molecular weight excluding hydrogens is 329 g/mol. The lowest BCUT2D eigenvalue weighted by Crippen LogP contribution is -2.33. The average molecular weight is 348 g/mol. The number of rotatable bonds is 2. The van der Waals surface area contributed by atoms with Crippen LogP contribution in [0.3, 0.4) is 0 Å². The molecule has 23 heavy (non-hydrogen) atoms. The van der Waals surface area contributed by atoms with Gasteiger partial charge in [0, 0.05) is 19.6 Å². The number of aryl methyl sites for hydroxylation is 1. The summed E-state index contributed by atoms with van der Waals surface area (Å²) in [6.07, 6.45) is -2.75. The van der Waals surface area contributed by atoms with Gasteiger partial charge in [-0.1, -0.05) is 0 Å². The lowest BCUT2D eigenvalue weighted by Gasteiger charge is -2.23. The Kier molecular flexibility index (Phi) is 3.97. The van der Waals surface area contributed by atoms with Crippen LogP contribution in [0.4, 0.5) is 13.2 Å². The molecule has 2 fully saturated rings. The highest BCUT2D eigenvalue weighted by Gasteiger charge is 2.45. The number of nitrogens with one attached hydrogen (secondary N) is 1. The summed E-state index contributed by atoms with van der Waals surface area (Å²) in [6.45, 7) is 3.94. The maximum absolute atomic E-state index is 12.8. The van der Waals surface area contributed by atoms with Crippen molar-refractivity contribution in [2.75, 3.05) is 26.2 Å². The summed E-state index contributed by atoms with van der Waals surface area (Å²) >= 11 is 0. The SMILES string of the molecule is Cc1cc(C(F)(F)F)ccc1S(=O)(=O)N1CCC2(CCNC2)C1. The Balaban J connectivity index is 1.89. The Labute approximate surface area is 133 Å². The van der Waals surface area contributed by atoms with Crippen molar-refractivity contribution in [1.29, 1.82) is 0 Å². The van der Waals surface area contributed by atoms with Crippen LogP contribution in [0.2, 0.25) is 0 Å². The molecule has 2 heterocycles. The standard InChI is InChI=1S/C15H19F3N2O2S/c1-11-8-12(15(16,17)18)2-3-13(11)23(21,22)20-7-5-14(10-20)4-6-19-9-14/h2-3,8,19H,4-7,9-10H2,1H3. The van der Waals surface area contributed by atoms with Crippen LogP contribution in [0.15, 0.2) is 23.1 Å². The van der Waals surface area contributed by atoms with Crippen LogP contribution in [0.25, 0.3) is 0 Å². The normalized spacial score (nSPS) is 26.3. The van der Waals surface area contributed by atoms with Crippen molar-refractivity contribution < 1.29 is 21.6 Å². The van der Waals surface area contributed by atoms with Crippen LogP contribution in [0.1, 0.15) is 24.0 Å². The van der Waals surface area contributed by atoms with Crippen molar-refractivity contribution in [2.45, 2.75) is 30.8 Å². The van der Waals surface area contributed by atoms with E-state index >= 15 is 0 Å². The van der Waals surface area contributed by atoms with E-state index in [1.165, 1.54) is 11.2 Å². The molecule has 0 aliphatic carbocycles. The molecule has 8 heteroatoms. The van der Waals surface area contributed by atoms with Crippen molar-refractivity contribution in [1.82, 2.24) is 9.62 Å². The molecule has 4 nitrogen and oxygen atoms in total. The molecule has 2 saturated heterocycles. The number of halogens is 3. The molecular formula is C15H19F3N2O2S. The average Bonchev–Trinajstić information content (AvgIpc) is 3.08. The van der Waals surface area contributed by atoms with Gasteiger partial charge in [0.1, 0.15) is 0 Å².